The first-order valence-electron chi connectivity index (χ1n) is 7.37. The molecule has 0 aromatic heterocycles. The van der Waals surface area contributed by atoms with Gasteiger partial charge < -0.3 is 5.11 Å². The zero-order valence-corrected chi connectivity index (χ0v) is 11.9. The van der Waals surface area contributed by atoms with Gasteiger partial charge in [0.2, 0.25) is 0 Å². The van der Waals surface area contributed by atoms with E-state index in [1.54, 1.807) is 0 Å². The van der Waals surface area contributed by atoms with Gasteiger partial charge >= 0.3 is 0 Å². The molecule has 1 aromatic carbocycles. The maximum Gasteiger partial charge on any atom is 0.0818 e. The molecule has 3 atom stereocenters. The molecule has 100 valence electrons. The minimum absolute atomic E-state index is 0.277. The number of benzene rings is 1. The van der Waals surface area contributed by atoms with Crippen LogP contribution in [0.2, 0.25) is 0 Å². The Morgan fingerprint density at radius 1 is 1.06 bits per heavy atom. The molecule has 1 N–H and O–H groups in total. The van der Waals surface area contributed by atoms with Gasteiger partial charge in [-0.05, 0) is 54.6 Å². The molecule has 0 spiro atoms. The second kappa shape index (κ2) is 5.88. The van der Waals surface area contributed by atoms with Gasteiger partial charge in [0, 0.05) is 0 Å². The molecule has 0 aliphatic heterocycles. The Morgan fingerprint density at radius 2 is 1.61 bits per heavy atom. The van der Waals surface area contributed by atoms with Gasteiger partial charge in [-0.15, -0.1) is 0 Å². The van der Waals surface area contributed by atoms with Crippen LogP contribution >= 0.6 is 0 Å². The zero-order chi connectivity index (χ0) is 13.1. The van der Waals surface area contributed by atoms with Gasteiger partial charge in [-0.3, -0.25) is 0 Å². The Hall–Kier alpha value is -0.820. The molecule has 0 radical (unpaired) electrons. The number of hydrogen-bond acceptors (Lipinski definition) is 1. The second-order valence-electron chi connectivity index (χ2n) is 6.22. The van der Waals surface area contributed by atoms with Crippen LogP contribution in [0.4, 0.5) is 0 Å². The van der Waals surface area contributed by atoms with E-state index in [0.717, 1.165) is 23.8 Å². The van der Waals surface area contributed by atoms with Crippen molar-refractivity contribution in [3.8, 4) is 0 Å². The highest BCUT2D eigenvalue weighted by atomic mass is 16.3. The Morgan fingerprint density at radius 3 is 2.11 bits per heavy atom. The van der Waals surface area contributed by atoms with Crippen molar-refractivity contribution >= 4 is 0 Å². The lowest BCUT2D eigenvalue weighted by Gasteiger charge is -2.34. The summed E-state index contributed by atoms with van der Waals surface area (Å²) in [5.74, 6) is 1.95. The van der Waals surface area contributed by atoms with E-state index in [1.165, 1.54) is 24.8 Å². The van der Waals surface area contributed by atoms with Crippen molar-refractivity contribution in [2.75, 3.05) is 0 Å². The van der Waals surface area contributed by atoms with Crippen molar-refractivity contribution < 1.29 is 5.11 Å². The maximum absolute atomic E-state index is 10.5. The summed E-state index contributed by atoms with van der Waals surface area (Å²) in [5.41, 5.74) is 2.44. The largest absolute Gasteiger partial charge is 0.388 e. The minimum atomic E-state index is -0.277. The van der Waals surface area contributed by atoms with Crippen molar-refractivity contribution in [1.82, 2.24) is 0 Å². The molecular weight excluding hydrogens is 220 g/mol. The van der Waals surface area contributed by atoms with Crippen LogP contribution in [-0.2, 0) is 6.42 Å². The van der Waals surface area contributed by atoms with Crippen molar-refractivity contribution in [1.29, 1.82) is 0 Å². The molecule has 1 aromatic rings. The van der Waals surface area contributed by atoms with E-state index in [4.69, 9.17) is 0 Å². The smallest absolute Gasteiger partial charge is 0.0818 e. The Bertz CT molecular complexity index is 358. The van der Waals surface area contributed by atoms with Gasteiger partial charge in [-0.25, -0.2) is 0 Å². The molecule has 0 bridgehead atoms. The molecule has 1 aliphatic rings. The predicted molar refractivity (Wildman–Crippen MR) is 76.4 cm³/mol. The zero-order valence-electron chi connectivity index (χ0n) is 11.9. The standard InChI is InChI=1S/C17H26O/c1-4-14-5-7-15(8-6-14)17(18)16-10-12(2)9-13(3)11-16/h5-8,12-13,16-18H,4,9-11H2,1-3H3. The molecule has 1 saturated carbocycles. The Kier molecular flexibility index (Phi) is 4.45. The molecule has 1 nitrogen and oxygen atoms in total. The molecule has 1 fully saturated rings. The van der Waals surface area contributed by atoms with Crippen LogP contribution in [0.5, 0.6) is 0 Å². The van der Waals surface area contributed by atoms with Gasteiger partial charge in [-0.2, -0.15) is 0 Å². The Labute approximate surface area is 111 Å². The molecule has 0 heterocycles. The van der Waals surface area contributed by atoms with Gasteiger partial charge in [0.05, 0.1) is 6.10 Å². The van der Waals surface area contributed by atoms with E-state index < -0.39 is 0 Å². The van der Waals surface area contributed by atoms with Gasteiger partial charge in [0.25, 0.3) is 0 Å². The van der Waals surface area contributed by atoms with Crippen LogP contribution in [-0.4, -0.2) is 5.11 Å². The van der Waals surface area contributed by atoms with Crippen LogP contribution < -0.4 is 0 Å². The number of aryl methyl sites for hydroxylation is 1. The second-order valence-corrected chi connectivity index (χ2v) is 6.22. The average Bonchev–Trinajstić information content (AvgIpc) is 2.37. The summed E-state index contributed by atoms with van der Waals surface area (Å²) in [6, 6.07) is 8.50. The Balaban J connectivity index is 2.07. The molecule has 0 saturated heterocycles. The molecule has 0 amide bonds. The van der Waals surface area contributed by atoms with Gasteiger partial charge in [0.1, 0.15) is 0 Å². The van der Waals surface area contributed by atoms with Crippen molar-refractivity contribution in [2.24, 2.45) is 17.8 Å². The normalized spacial score (nSPS) is 30.1. The van der Waals surface area contributed by atoms with E-state index in [9.17, 15) is 5.11 Å². The van der Waals surface area contributed by atoms with Gasteiger partial charge in [0.15, 0.2) is 0 Å². The molecule has 2 rings (SSSR count). The van der Waals surface area contributed by atoms with Crippen LogP contribution in [0.15, 0.2) is 24.3 Å². The van der Waals surface area contributed by atoms with Crippen molar-refractivity contribution in [3.63, 3.8) is 0 Å². The van der Waals surface area contributed by atoms with E-state index in [2.05, 4.69) is 45.0 Å². The summed E-state index contributed by atoms with van der Waals surface area (Å²) in [5, 5.41) is 10.5. The molecular formula is C17H26O. The van der Waals surface area contributed by atoms with E-state index >= 15 is 0 Å². The summed E-state index contributed by atoms with van der Waals surface area (Å²) in [6.07, 6.45) is 4.44. The van der Waals surface area contributed by atoms with E-state index in [-0.39, 0.29) is 6.10 Å². The molecule has 18 heavy (non-hydrogen) atoms. The maximum atomic E-state index is 10.5. The SMILES string of the molecule is CCc1ccc(C(O)C2CC(C)CC(C)C2)cc1. The highest BCUT2D eigenvalue weighted by Gasteiger charge is 2.29. The summed E-state index contributed by atoms with van der Waals surface area (Å²) >= 11 is 0. The highest BCUT2D eigenvalue weighted by molar-refractivity contribution is 5.24. The lowest BCUT2D eigenvalue weighted by molar-refractivity contribution is 0.0552. The lowest BCUT2D eigenvalue weighted by Crippen LogP contribution is -2.24. The summed E-state index contributed by atoms with van der Waals surface area (Å²) < 4.78 is 0. The van der Waals surface area contributed by atoms with Crippen molar-refractivity contribution in [3.05, 3.63) is 35.4 Å². The number of hydrogen-bond donors (Lipinski definition) is 1. The molecule has 3 unspecified atom stereocenters. The first-order valence-corrected chi connectivity index (χ1v) is 7.37. The van der Waals surface area contributed by atoms with Crippen LogP contribution in [0.3, 0.4) is 0 Å². The lowest BCUT2D eigenvalue weighted by atomic mass is 9.73. The number of rotatable bonds is 3. The minimum Gasteiger partial charge on any atom is -0.388 e. The third-order valence-electron chi connectivity index (χ3n) is 4.39. The molecule has 1 heteroatoms. The van der Waals surface area contributed by atoms with E-state index in [1.807, 2.05) is 0 Å². The van der Waals surface area contributed by atoms with Gasteiger partial charge in [-0.1, -0.05) is 45.0 Å². The van der Waals surface area contributed by atoms with Crippen LogP contribution in [0, 0.1) is 17.8 Å². The average molecular weight is 246 g/mol. The fraction of sp³-hybridized carbons (Fsp3) is 0.647. The summed E-state index contributed by atoms with van der Waals surface area (Å²) in [6.45, 7) is 6.79. The first-order chi connectivity index (χ1) is 8.60. The monoisotopic (exact) mass is 246 g/mol. The molecule has 1 aliphatic carbocycles. The fourth-order valence-electron chi connectivity index (χ4n) is 3.49. The first kappa shape index (κ1) is 13.6. The topological polar surface area (TPSA) is 20.2 Å². The van der Waals surface area contributed by atoms with Crippen LogP contribution in [0.1, 0.15) is 57.3 Å². The fourth-order valence-corrected chi connectivity index (χ4v) is 3.49. The quantitative estimate of drug-likeness (QED) is 0.840. The van der Waals surface area contributed by atoms with Crippen molar-refractivity contribution in [2.45, 2.75) is 52.6 Å². The van der Waals surface area contributed by atoms with Crippen LogP contribution in [0.25, 0.3) is 0 Å². The summed E-state index contributed by atoms with van der Waals surface area (Å²) in [4.78, 5) is 0. The number of aliphatic hydroxyl groups excluding tert-OH is 1. The third kappa shape index (κ3) is 3.14. The number of aliphatic hydroxyl groups is 1. The highest BCUT2D eigenvalue weighted by Crippen LogP contribution is 2.39. The summed E-state index contributed by atoms with van der Waals surface area (Å²) in [7, 11) is 0. The van der Waals surface area contributed by atoms with E-state index in [0.29, 0.717) is 5.92 Å². The third-order valence-corrected chi connectivity index (χ3v) is 4.39. The predicted octanol–water partition coefficient (Wildman–Crippen LogP) is 4.35.